The van der Waals surface area contributed by atoms with Gasteiger partial charge in [0.05, 0.1) is 5.69 Å². The first-order valence-corrected chi connectivity index (χ1v) is 6.99. The highest BCUT2D eigenvalue weighted by atomic mass is 15.2. The minimum absolute atomic E-state index is 0.165. The van der Waals surface area contributed by atoms with Crippen molar-refractivity contribution in [3.05, 3.63) is 29.3 Å². The topological polar surface area (TPSA) is 53.1 Å². The molecule has 0 radical (unpaired) electrons. The third kappa shape index (κ3) is 2.75. The molecule has 1 atom stereocenters. The highest BCUT2D eigenvalue weighted by Crippen LogP contribution is 2.37. The molecule has 3 heteroatoms. The third-order valence-corrected chi connectivity index (χ3v) is 4.26. The molecule has 1 fully saturated rings. The van der Waals surface area contributed by atoms with Gasteiger partial charge < -0.3 is 10.6 Å². The molecule has 1 aliphatic rings. The summed E-state index contributed by atoms with van der Waals surface area (Å²) in [4.78, 5) is 2.40. The molecule has 1 saturated heterocycles. The molecule has 1 aliphatic heterocycles. The van der Waals surface area contributed by atoms with Gasteiger partial charge in [0.15, 0.2) is 0 Å². The summed E-state index contributed by atoms with van der Waals surface area (Å²) in [6, 6.07) is 6.04. The van der Waals surface area contributed by atoms with Crippen LogP contribution < -0.4 is 10.6 Å². The minimum atomic E-state index is 0.165. The van der Waals surface area contributed by atoms with Crippen LogP contribution in [-0.4, -0.2) is 18.9 Å². The second-order valence-corrected chi connectivity index (χ2v) is 6.68. The molecule has 0 aromatic heterocycles. The van der Waals surface area contributed by atoms with E-state index in [0.29, 0.717) is 11.3 Å². The molecule has 2 rings (SSSR count). The molecule has 0 saturated carbocycles. The number of amidine groups is 1. The number of anilines is 1. The summed E-state index contributed by atoms with van der Waals surface area (Å²) in [5.74, 6) is 0.866. The van der Waals surface area contributed by atoms with Crippen molar-refractivity contribution >= 4 is 11.5 Å². The summed E-state index contributed by atoms with van der Waals surface area (Å²) in [6.45, 7) is 11.2. The first kappa shape index (κ1) is 13.9. The van der Waals surface area contributed by atoms with Crippen molar-refractivity contribution in [2.75, 3.05) is 18.0 Å². The Labute approximate surface area is 116 Å². The van der Waals surface area contributed by atoms with Crippen molar-refractivity contribution in [3.63, 3.8) is 0 Å². The Hall–Kier alpha value is -1.51. The number of aryl methyl sites for hydroxylation is 1. The van der Waals surface area contributed by atoms with Gasteiger partial charge in [-0.1, -0.05) is 32.9 Å². The normalized spacial score (nSPS) is 19.8. The number of para-hydroxylation sites is 1. The van der Waals surface area contributed by atoms with Gasteiger partial charge in [-0.3, -0.25) is 5.41 Å². The van der Waals surface area contributed by atoms with Crippen LogP contribution in [0.25, 0.3) is 0 Å². The average Bonchev–Trinajstić information content (AvgIpc) is 2.77. The molecular formula is C16H25N3. The maximum atomic E-state index is 7.76. The van der Waals surface area contributed by atoms with Crippen LogP contribution in [0.5, 0.6) is 0 Å². The molecule has 3 nitrogen and oxygen atoms in total. The van der Waals surface area contributed by atoms with Gasteiger partial charge in [0.2, 0.25) is 0 Å². The first-order valence-electron chi connectivity index (χ1n) is 6.99. The summed E-state index contributed by atoms with van der Waals surface area (Å²) >= 11 is 0. The zero-order valence-corrected chi connectivity index (χ0v) is 12.5. The van der Waals surface area contributed by atoms with Crippen molar-refractivity contribution < 1.29 is 0 Å². The molecule has 1 unspecified atom stereocenters. The SMILES string of the molecule is Cc1cccc(C(=N)N)c1N1CCC(C(C)(C)C)C1. The molecule has 104 valence electrons. The summed E-state index contributed by atoms with van der Waals surface area (Å²) < 4.78 is 0. The molecule has 3 N–H and O–H groups in total. The Kier molecular flexibility index (Phi) is 3.57. The van der Waals surface area contributed by atoms with Gasteiger partial charge in [0.25, 0.3) is 0 Å². The van der Waals surface area contributed by atoms with Crippen LogP contribution in [-0.2, 0) is 0 Å². The lowest BCUT2D eigenvalue weighted by molar-refractivity contribution is 0.263. The predicted molar refractivity (Wildman–Crippen MR) is 82.0 cm³/mol. The molecule has 0 bridgehead atoms. The fourth-order valence-corrected chi connectivity index (χ4v) is 2.97. The lowest BCUT2D eigenvalue weighted by Crippen LogP contribution is -2.28. The standard InChI is InChI=1S/C16H25N3/c1-11-6-5-7-13(15(17)18)14(11)19-9-8-12(10-19)16(2,3)4/h5-7,12H,8-10H2,1-4H3,(H3,17,18). The number of nitrogens with two attached hydrogens (primary N) is 1. The van der Waals surface area contributed by atoms with Crippen molar-refractivity contribution in [1.82, 2.24) is 0 Å². The zero-order valence-electron chi connectivity index (χ0n) is 12.5. The van der Waals surface area contributed by atoms with Crippen molar-refractivity contribution in [2.45, 2.75) is 34.1 Å². The minimum Gasteiger partial charge on any atom is -0.384 e. The Balaban J connectivity index is 2.32. The number of benzene rings is 1. The van der Waals surface area contributed by atoms with E-state index < -0.39 is 0 Å². The number of hydrogen-bond donors (Lipinski definition) is 2. The van der Waals surface area contributed by atoms with E-state index in [1.807, 2.05) is 12.1 Å². The highest BCUT2D eigenvalue weighted by molar-refractivity contribution is 6.01. The molecule has 0 aliphatic carbocycles. The van der Waals surface area contributed by atoms with Crippen LogP contribution in [0.2, 0.25) is 0 Å². The van der Waals surface area contributed by atoms with E-state index in [1.165, 1.54) is 12.0 Å². The molecule has 0 spiro atoms. The van der Waals surface area contributed by atoms with Crippen molar-refractivity contribution in [2.24, 2.45) is 17.1 Å². The van der Waals surface area contributed by atoms with E-state index in [9.17, 15) is 0 Å². The van der Waals surface area contributed by atoms with Crippen molar-refractivity contribution in [1.29, 1.82) is 5.41 Å². The van der Waals surface area contributed by atoms with E-state index in [-0.39, 0.29) is 5.84 Å². The summed E-state index contributed by atoms with van der Waals surface area (Å²) in [5, 5.41) is 7.76. The highest BCUT2D eigenvalue weighted by Gasteiger charge is 2.33. The Morgan fingerprint density at radius 3 is 2.58 bits per heavy atom. The van der Waals surface area contributed by atoms with Gasteiger partial charge in [-0.05, 0) is 36.3 Å². The molecular weight excluding hydrogens is 234 g/mol. The smallest absolute Gasteiger partial charge is 0.124 e. The van der Waals surface area contributed by atoms with Gasteiger partial charge in [0, 0.05) is 18.7 Å². The van der Waals surface area contributed by atoms with Crippen LogP contribution in [0, 0.1) is 23.7 Å². The number of hydrogen-bond acceptors (Lipinski definition) is 2. The second kappa shape index (κ2) is 4.87. The Bertz CT molecular complexity index is 485. The number of nitrogen functional groups attached to an aromatic ring is 1. The van der Waals surface area contributed by atoms with Crippen LogP contribution in [0.4, 0.5) is 5.69 Å². The lowest BCUT2D eigenvalue weighted by atomic mass is 9.80. The zero-order chi connectivity index (χ0) is 14.2. The molecule has 1 aromatic rings. The monoisotopic (exact) mass is 259 g/mol. The summed E-state index contributed by atoms with van der Waals surface area (Å²) in [7, 11) is 0. The summed E-state index contributed by atoms with van der Waals surface area (Å²) in [6.07, 6.45) is 1.22. The van der Waals surface area contributed by atoms with Crippen LogP contribution >= 0.6 is 0 Å². The number of nitrogens with one attached hydrogen (secondary N) is 1. The predicted octanol–water partition coefficient (Wildman–Crippen LogP) is 3.15. The van der Waals surface area contributed by atoms with E-state index in [0.717, 1.165) is 24.3 Å². The maximum absolute atomic E-state index is 7.76. The quantitative estimate of drug-likeness (QED) is 0.633. The third-order valence-electron chi connectivity index (χ3n) is 4.26. The van der Waals surface area contributed by atoms with E-state index in [1.54, 1.807) is 0 Å². The number of rotatable bonds is 2. The van der Waals surface area contributed by atoms with Crippen molar-refractivity contribution in [3.8, 4) is 0 Å². The van der Waals surface area contributed by atoms with Crippen LogP contribution in [0.1, 0.15) is 38.3 Å². The van der Waals surface area contributed by atoms with Gasteiger partial charge in [-0.15, -0.1) is 0 Å². The first-order chi connectivity index (χ1) is 8.80. The van der Waals surface area contributed by atoms with Gasteiger partial charge in [-0.25, -0.2) is 0 Å². The maximum Gasteiger partial charge on any atom is 0.124 e. The number of nitrogens with zero attached hydrogens (tertiary/aromatic N) is 1. The molecule has 19 heavy (non-hydrogen) atoms. The van der Waals surface area contributed by atoms with E-state index >= 15 is 0 Å². The molecule has 1 heterocycles. The fourth-order valence-electron chi connectivity index (χ4n) is 2.97. The Morgan fingerprint density at radius 1 is 1.37 bits per heavy atom. The van der Waals surface area contributed by atoms with Gasteiger partial charge in [-0.2, -0.15) is 0 Å². The van der Waals surface area contributed by atoms with Gasteiger partial charge in [0.1, 0.15) is 5.84 Å². The molecule has 0 amide bonds. The average molecular weight is 259 g/mol. The summed E-state index contributed by atoms with van der Waals surface area (Å²) in [5.41, 5.74) is 9.30. The van der Waals surface area contributed by atoms with Gasteiger partial charge >= 0.3 is 0 Å². The molecule has 1 aromatic carbocycles. The second-order valence-electron chi connectivity index (χ2n) is 6.68. The van der Waals surface area contributed by atoms with E-state index in [4.69, 9.17) is 11.1 Å². The largest absolute Gasteiger partial charge is 0.384 e. The Morgan fingerprint density at radius 2 is 2.05 bits per heavy atom. The van der Waals surface area contributed by atoms with E-state index in [2.05, 4.69) is 38.7 Å². The fraction of sp³-hybridized carbons (Fsp3) is 0.562. The van der Waals surface area contributed by atoms with Crippen LogP contribution in [0.15, 0.2) is 18.2 Å². The van der Waals surface area contributed by atoms with Crippen LogP contribution in [0.3, 0.4) is 0 Å². The lowest BCUT2D eigenvalue weighted by Gasteiger charge is -2.29.